The van der Waals surface area contributed by atoms with Gasteiger partial charge in [-0.2, -0.15) is 6.08 Å². The zero-order chi connectivity index (χ0) is 18.9. The van der Waals surface area contributed by atoms with Crippen LogP contribution >= 0.6 is 0 Å². The fourth-order valence-electron chi connectivity index (χ4n) is 3.10. The topological polar surface area (TPSA) is 0 Å². The van der Waals surface area contributed by atoms with E-state index in [2.05, 4.69) is 111 Å². The summed E-state index contributed by atoms with van der Waals surface area (Å²) in [7, 11) is 0. The van der Waals surface area contributed by atoms with E-state index >= 15 is 0 Å². The quantitative estimate of drug-likeness (QED) is 0.390. The Kier molecular flexibility index (Phi) is 9.25. The van der Waals surface area contributed by atoms with Gasteiger partial charge in [0, 0.05) is 0 Å². The summed E-state index contributed by atoms with van der Waals surface area (Å²) in [6, 6.07) is 27.6. The first-order valence-corrected chi connectivity index (χ1v) is 9.47. The molecule has 0 bridgehead atoms. The third kappa shape index (κ3) is 7.49. The second-order valence-electron chi connectivity index (χ2n) is 6.94. The smallest absolute Gasteiger partial charge is 0.269 e. The van der Waals surface area contributed by atoms with Crippen molar-refractivity contribution in [2.24, 2.45) is 0 Å². The molecule has 0 radical (unpaired) electrons. The van der Waals surface area contributed by atoms with Crippen LogP contribution in [-0.4, -0.2) is 0 Å². The second-order valence-corrected chi connectivity index (χ2v) is 6.94. The van der Waals surface area contributed by atoms with Crippen LogP contribution in [0.3, 0.4) is 0 Å². The number of hydrogen-bond acceptors (Lipinski definition) is 0. The number of aryl methyl sites for hydroxylation is 2. The first kappa shape index (κ1) is 22.2. The summed E-state index contributed by atoms with van der Waals surface area (Å²) < 4.78 is 0. The Labute approximate surface area is 189 Å². The van der Waals surface area contributed by atoms with E-state index in [1.807, 2.05) is 6.07 Å². The molecular weight excluding hydrogens is 416 g/mol. The van der Waals surface area contributed by atoms with Gasteiger partial charge in [-0.05, 0) is 25.8 Å². The van der Waals surface area contributed by atoms with E-state index < -0.39 is 0 Å². The minimum atomic E-state index is 0. The van der Waals surface area contributed by atoms with Crippen molar-refractivity contribution in [3.05, 3.63) is 137 Å². The van der Waals surface area contributed by atoms with Crippen LogP contribution in [0.5, 0.6) is 0 Å². The molecule has 0 N–H and O–H groups in total. The molecule has 1 aliphatic rings. The van der Waals surface area contributed by atoms with Crippen LogP contribution in [-0.2, 0) is 32.6 Å². The van der Waals surface area contributed by atoms with Crippen molar-refractivity contribution in [2.45, 2.75) is 26.7 Å². The SMILES string of the molecule is Cc1cccc([CH-]c2cccc(C)c2)c1.[C-]1=C(Cc2ccccc2)C=CC1.[Zr+2]. The fourth-order valence-corrected chi connectivity index (χ4v) is 3.10. The second kappa shape index (κ2) is 11.7. The Hall–Kier alpha value is -2.11. The predicted molar refractivity (Wildman–Crippen MR) is 116 cm³/mol. The van der Waals surface area contributed by atoms with E-state index in [1.165, 1.54) is 33.4 Å². The van der Waals surface area contributed by atoms with E-state index in [0.717, 1.165) is 12.8 Å². The van der Waals surface area contributed by atoms with Gasteiger partial charge in [-0.25, -0.2) is 11.6 Å². The van der Waals surface area contributed by atoms with Gasteiger partial charge in [-0.15, -0.1) is 48.2 Å². The molecule has 0 atom stereocenters. The summed E-state index contributed by atoms with van der Waals surface area (Å²) in [5, 5.41) is 0. The van der Waals surface area contributed by atoms with Crippen LogP contribution in [0.25, 0.3) is 0 Å². The van der Waals surface area contributed by atoms with Gasteiger partial charge in [0.05, 0.1) is 0 Å². The van der Waals surface area contributed by atoms with E-state index in [4.69, 9.17) is 0 Å². The summed E-state index contributed by atoms with van der Waals surface area (Å²) in [5.41, 5.74) is 7.82. The molecule has 0 saturated heterocycles. The van der Waals surface area contributed by atoms with Crippen LogP contribution < -0.4 is 0 Å². The van der Waals surface area contributed by atoms with E-state index in [1.54, 1.807) is 0 Å². The molecule has 0 aromatic heterocycles. The number of allylic oxidation sites excluding steroid dienone is 4. The molecule has 0 saturated carbocycles. The molecule has 138 valence electrons. The maximum absolute atomic E-state index is 3.31. The van der Waals surface area contributed by atoms with Gasteiger partial charge in [0.25, 0.3) is 0 Å². The van der Waals surface area contributed by atoms with Crippen LogP contribution in [0, 0.1) is 26.3 Å². The molecule has 4 rings (SSSR count). The molecule has 28 heavy (non-hydrogen) atoms. The van der Waals surface area contributed by atoms with Crippen LogP contribution in [0.4, 0.5) is 0 Å². The minimum Gasteiger partial charge on any atom is -0.269 e. The van der Waals surface area contributed by atoms with Gasteiger partial charge in [-0.1, -0.05) is 65.7 Å². The van der Waals surface area contributed by atoms with Crippen LogP contribution in [0.15, 0.2) is 96.6 Å². The molecule has 0 aliphatic heterocycles. The Balaban J connectivity index is 0.000000198. The Morgan fingerprint density at radius 1 is 0.786 bits per heavy atom. The van der Waals surface area contributed by atoms with Crippen LogP contribution in [0.1, 0.15) is 34.2 Å². The van der Waals surface area contributed by atoms with Crippen molar-refractivity contribution in [1.82, 2.24) is 0 Å². The molecular formula is C27H26Zr. The van der Waals surface area contributed by atoms with Gasteiger partial charge in [0.2, 0.25) is 0 Å². The van der Waals surface area contributed by atoms with Crippen molar-refractivity contribution in [2.75, 3.05) is 0 Å². The van der Waals surface area contributed by atoms with Gasteiger partial charge in [-0.3, -0.25) is 6.08 Å². The molecule has 0 spiro atoms. The zero-order valence-electron chi connectivity index (χ0n) is 16.7. The molecule has 1 aliphatic carbocycles. The van der Waals surface area contributed by atoms with E-state index in [-0.39, 0.29) is 26.2 Å². The molecule has 0 heterocycles. The Bertz CT molecular complexity index is 876. The summed E-state index contributed by atoms with van der Waals surface area (Å²) in [4.78, 5) is 0. The van der Waals surface area contributed by atoms with Gasteiger partial charge < -0.3 is 0 Å². The van der Waals surface area contributed by atoms with Gasteiger partial charge in [0.1, 0.15) is 0 Å². The number of benzene rings is 3. The van der Waals surface area contributed by atoms with Crippen molar-refractivity contribution < 1.29 is 26.2 Å². The van der Waals surface area contributed by atoms with Crippen LogP contribution in [0.2, 0.25) is 0 Å². The zero-order valence-corrected chi connectivity index (χ0v) is 19.1. The van der Waals surface area contributed by atoms with E-state index in [0.29, 0.717) is 0 Å². The molecule has 0 amide bonds. The van der Waals surface area contributed by atoms with Gasteiger partial charge in [0.15, 0.2) is 0 Å². The molecule has 3 aromatic carbocycles. The summed E-state index contributed by atoms with van der Waals surface area (Å²) >= 11 is 0. The van der Waals surface area contributed by atoms with Crippen molar-refractivity contribution in [3.63, 3.8) is 0 Å². The summed E-state index contributed by atoms with van der Waals surface area (Å²) in [6.07, 6.45) is 11.8. The van der Waals surface area contributed by atoms with Gasteiger partial charge >= 0.3 is 26.2 Å². The normalized spacial score (nSPS) is 11.7. The number of rotatable bonds is 4. The van der Waals surface area contributed by atoms with E-state index in [9.17, 15) is 0 Å². The molecule has 0 unspecified atom stereocenters. The Morgan fingerprint density at radius 3 is 1.89 bits per heavy atom. The first-order valence-electron chi connectivity index (χ1n) is 9.47. The maximum atomic E-state index is 3.31. The average Bonchev–Trinajstić information content (AvgIpc) is 3.16. The average molecular weight is 442 g/mol. The maximum Gasteiger partial charge on any atom is 2.00 e. The largest absolute Gasteiger partial charge is 2.00 e. The third-order valence-electron chi connectivity index (χ3n) is 4.42. The van der Waals surface area contributed by atoms with Crippen molar-refractivity contribution in [1.29, 1.82) is 0 Å². The fraction of sp³-hybridized carbons (Fsp3) is 0.148. The summed E-state index contributed by atoms with van der Waals surface area (Å²) in [6.45, 7) is 4.24. The molecule has 3 aromatic rings. The number of hydrogen-bond donors (Lipinski definition) is 0. The monoisotopic (exact) mass is 440 g/mol. The standard InChI is InChI=1S/C15H15.C12H11.Zr/c1-12-5-3-7-14(9-12)11-15-8-4-6-13(2)10-15;1-2-6-11(7-3-1)10-12-8-4-5-9-12;/h3-11H,1-2H3;1-4,6-8H,5,10H2;/q2*-1;+2. The summed E-state index contributed by atoms with van der Waals surface area (Å²) in [5.74, 6) is 0. The Morgan fingerprint density at radius 2 is 1.39 bits per heavy atom. The molecule has 0 fully saturated rings. The predicted octanol–water partition coefficient (Wildman–Crippen LogP) is 6.82. The first-order chi connectivity index (χ1) is 13.2. The molecule has 0 nitrogen and oxygen atoms in total. The molecule has 1 heteroatoms. The third-order valence-corrected chi connectivity index (χ3v) is 4.42. The van der Waals surface area contributed by atoms with Crippen molar-refractivity contribution >= 4 is 0 Å². The van der Waals surface area contributed by atoms with Crippen molar-refractivity contribution in [3.8, 4) is 0 Å². The minimum absolute atomic E-state index is 0.